The Morgan fingerprint density at radius 3 is 1.76 bits per heavy atom. The molecular weight excluding hydrogens is 970 g/mol. The van der Waals surface area contributed by atoms with Crippen LogP contribution in [0.2, 0.25) is 0 Å². The van der Waals surface area contributed by atoms with Crippen LogP contribution in [-0.4, -0.2) is 120 Å². The van der Waals surface area contributed by atoms with Gasteiger partial charge in [-0.25, -0.2) is 19.2 Å². The van der Waals surface area contributed by atoms with Crippen LogP contribution in [0.15, 0.2) is 54.6 Å². The minimum atomic E-state index is -4.62. The van der Waals surface area contributed by atoms with Crippen molar-refractivity contribution in [3.05, 3.63) is 71.3 Å². The zero-order chi connectivity index (χ0) is 55.8. The number of alkyl carbamates (subject to hydrolysis) is 3. The first-order valence-corrected chi connectivity index (χ1v) is 24.9. The Labute approximate surface area is 432 Å². The number of methoxy groups -OCH3 is 1. The fourth-order valence-electron chi connectivity index (χ4n) is 8.09. The van der Waals surface area contributed by atoms with E-state index >= 15 is 0 Å². The first-order valence-electron chi connectivity index (χ1n) is 24.9. The van der Waals surface area contributed by atoms with Crippen molar-refractivity contribution >= 4 is 47.8 Å². The number of likely N-dealkylation sites (tertiary alicyclic amines) is 1. The van der Waals surface area contributed by atoms with Crippen LogP contribution in [-0.2, 0) is 61.9 Å². The number of rotatable bonds is 22. The summed E-state index contributed by atoms with van der Waals surface area (Å²) in [6.45, 7) is 18.5. The number of benzene rings is 2. The first kappa shape index (κ1) is 61.9. The molecule has 0 bridgehead atoms. The third kappa shape index (κ3) is 21.6. The molecule has 1 fully saturated rings. The van der Waals surface area contributed by atoms with E-state index in [4.69, 9.17) is 18.9 Å². The van der Waals surface area contributed by atoms with Crippen molar-refractivity contribution in [2.75, 3.05) is 26.7 Å². The Bertz CT molecular complexity index is 2240. The lowest BCUT2D eigenvalue weighted by Gasteiger charge is -2.31. The Kier molecular flexibility index (Phi) is 22.3. The lowest BCUT2D eigenvalue weighted by atomic mass is 9.88. The third-order valence-corrected chi connectivity index (χ3v) is 11.4. The van der Waals surface area contributed by atoms with Gasteiger partial charge in [-0.3, -0.25) is 19.2 Å². The fraction of sp³-hybridized carbons (Fsp3) is 0.623. The summed E-state index contributed by atoms with van der Waals surface area (Å²) in [6, 6.07) is 8.84. The van der Waals surface area contributed by atoms with Gasteiger partial charge in [0.2, 0.25) is 17.7 Å². The van der Waals surface area contributed by atoms with Crippen LogP contribution in [0.1, 0.15) is 131 Å². The van der Waals surface area contributed by atoms with Crippen molar-refractivity contribution in [2.24, 2.45) is 11.8 Å². The Morgan fingerprint density at radius 2 is 1.20 bits per heavy atom. The molecule has 1 aliphatic heterocycles. The molecule has 74 heavy (non-hydrogen) atoms. The van der Waals surface area contributed by atoms with Gasteiger partial charge >= 0.3 is 30.4 Å². The molecule has 1 aliphatic rings. The SMILES string of the molecule is COC(=O)C1(NC(=O)OC(C)(C)C)CCN(C(=O)[C@@H](CCCCNC(=O)OC(C)(C)C)NC(=O)[C@H](CC(=O)[C@@H](Cc2ccccc2)NC(=O)[C@@H](Cc2ccc(C(F)(F)F)cc2)NC(=O)OC(C)(C)C)CC(C)C)C1. The van der Waals surface area contributed by atoms with E-state index in [9.17, 15) is 51.5 Å². The summed E-state index contributed by atoms with van der Waals surface area (Å²) in [5.74, 6) is -4.68. The van der Waals surface area contributed by atoms with Crippen molar-refractivity contribution in [1.82, 2.24) is 31.5 Å². The summed E-state index contributed by atoms with van der Waals surface area (Å²) in [5, 5.41) is 13.4. The second-order valence-electron chi connectivity index (χ2n) is 22.0. The lowest BCUT2D eigenvalue weighted by molar-refractivity contribution is -0.148. The van der Waals surface area contributed by atoms with Gasteiger partial charge in [-0.15, -0.1) is 0 Å². The molecule has 2 aromatic rings. The highest BCUT2D eigenvalue weighted by molar-refractivity contribution is 5.96. The van der Waals surface area contributed by atoms with Gasteiger partial charge in [-0.1, -0.05) is 56.3 Å². The van der Waals surface area contributed by atoms with Crippen molar-refractivity contribution in [3.8, 4) is 0 Å². The predicted molar refractivity (Wildman–Crippen MR) is 268 cm³/mol. The minimum Gasteiger partial charge on any atom is -0.467 e. The maximum Gasteiger partial charge on any atom is 0.416 e. The number of esters is 1. The van der Waals surface area contributed by atoms with Gasteiger partial charge in [0.1, 0.15) is 28.9 Å². The van der Waals surface area contributed by atoms with E-state index in [0.29, 0.717) is 18.4 Å². The van der Waals surface area contributed by atoms with E-state index in [2.05, 4.69) is 26.6 Å². The molecule has 5 N–H and O–H groups in total. The first-order chi connectivity index (χ1) is 34.2. The van der Waals surface area contributed by atoms with E-state index in [-0.39, 0.29) is 63.2 Å². The topological polar surface area (TPSA) is 237 Å². The van der Waals surface area contributed by atoms with Crippen LogP contribution >= 0.6 is 0 Å². The molecular formula is C53H77F3N6O12. The van der Waals surface area contributed by atoms with Gasteiger partial charge < -0.3 is 50.4 Å². The van der Waals surface area contributed by atoms with Crippen LogP contribution in [0.3, 0.4) is 0 Å². The third-order valence-electron chi connectivity index (χ3n) is 11.4. The normalized spacial score (nSPS) is 16.7. The molecule has 1 unspecified atom stereocenters. The number of ether oxygens (including phenoxy) is 4. The van der Waals surface area contributed by atoms with E-state index < -0.39 is 112 Å². The second kappa shape index (κ2) is 26.7. The summed E-state index contributed by atoms with van der Waals surface area (Å²) in [7, 11) is 1.15. The van der Waals surface area contributed by atoms with E-state index in [1.54, 1.807) is 92.6 Å². The van der Waals surface area contributed by atoms with Crippen LogP contribution in [0, 0.1) is 11.8 Å². The average Bonchev–Trinajstić information content (AvgIpc) is 3.70. The monoisotopic (exact) mass is 1050 g/mol. The highest BCUT2D eigenvalue weighted by Gasteiger charge is 2.50. The van der Waals surface area contributed by atoms with Gasteiger partial charge in [0.25, 0.3) is 0 Å². The highest BCUT2D eigenvalue weighted by atomic mass is 19.4. The maximum absolute atomic E-state index is 14.6. The molecule has 18 nitrogen and oxygen atoms in total. The number of hydrogen-bond donors (Lipinski definition) is 5. The number of carbonyl (C=O) groups excluding carboxylic acids is 8. The molecule has 0 aromatic heterocycles. The van der Waals surface area contributed by atoms with Crippen molar-refractivity contribution < 1.29 is 70.5 Å². The molecule has 1 heterocycles. The molecule has 6 amide bonds. The van der Waals surface area contributed by atoms with Crippen LogP contribution in [0.25, 0.3) is 0 Å². The standard InChI is InChI=1S/C53H77F3N6O12/c1-33(2)28-36(31-41(63)39(29-34-18-14-13-15-19-34)59-43(65)40(60-47(69)73-50(6,7)8)30-35-21-23-37(24-22-35)53(54,55)56)42(64)58-38(20-16-17-26-57-46(68)72-49(3,4)5)44(66)62-27-25-52(32-62,45(67)71-12)61-48(70)74-51(9,10)11/h13-15,18-19,21-24,33,36,38-40H,16-17,20,25-32H2,1-12H3,(H,57,68)(H,58,64)(H,59,65)(H,60,69)(H,61,70)/t36-,38+,39+,40+,52?/m0/s1. The smallest absolute Gasteiger partial charge is 0.416 e. The van der Waals surface area contributed by atoms with Crippen LogP contribution in [0.4, 0.5) is 27.6 Å². The number of nitrogens with one attached hydrogen (secondary N) is 5. The molecule has 0 aliphatic carbocycles. The lowest BCUT2D eigenvalue weighted by Crippen LogP contribution is -2.59. The quantitative estimate of drug-likeness (QED) is 0.0443. The van der Waals surface area contributed by atoms with Gasteiger partial charge in [-0.05, 0) is 124 Å². The molecule has 412 valence electrons. The molecule has 1 saturated heterocycles. The molecule has 0 saturated carbocycles. The Hall–Kier alpha value is -6.41. The summed E-state index contributed by atoms with van der Waals surface area (Å²) in [5.41, 5.74) is -4.32. The van der Waals surface area contributed by atoms with Crippen LogP contribution in [0.5, 0.6) is 0 Å². The number of alkyl halides is 3. The van der Waals surface area contributed by atoms with Gasteiger partial charge in [0, 0.05) is 38.3 Å². The van der Waals surface area contributed by atoms with Crippen molar-refractivity contribution in [1.29, 1.82) is 0 Å². The van der Waals surface area contributed by atoms with Crippen molar-refractivity contribution in [2.45, 2.75) is 174 Å². The average molecular weight is 1050 g/mol. The summed E-state index contributed by atoms with van der Waals surface area (Å²) in [6.07, 6.45) is -7.04. The molecule has 0 spiro atoms. The maximum atomic E-state index is 14.6. The molecule has 2 aromatic carbocycles. The van der Waals surface area contributed by atoms with Crippen LogP contribution < -0.4 is 26.6 Å². The second-order valence-corrected chi connectivity index (χ2v) is 22.0. The van der Waals surface area contributed by atoms with Crippen molar-refractivity contribution in [3.63, 3.8) is 0 Å². The molecule has 21 heteroatoms. The zero-order valence-electron chi connectivity index (χ0n) is 44.8. The number of carbonyl (C=O) groups is 8. The predicted octanol–water partition coefficient (Wildman–Crippen LogP) is 7.34. The molecule has 0 radical (unpaired) electrons. The number of ketones is 1. The number of unbranched alkanes of at least 4 members (excludes halogenated alkanes) is 1. The zero-order valence-corrected chi connectivity index (χ0v) is 44.8. The number of amides is 6. The number of Topliss-reactive ketones (excluding diaryl/α,β-unsaturated/α-hetero) is 1. The highest BCUT2D eigenvalue weighted by Crippen LogP contribution is 2.30. The van der Waals surface area contributed by atoms with E-state index in [0.717, 1.165) is 19.2 Å². The Morgan fingerprint density at radius 1 is 0.662 bits per heavy atom. The number of halogens is 3. The van der Waals surface area contributed by atoms with Gasteiger partial charge in [0.15, 0.2) is 11.3 Å². The molecule has 5 atom stereocenters. The van der Waals surface area contributed by atoms with E-state index in [1.807, 2.05) is 13.8 Å². The van der Waals surface area contributed by atoms with Gasteiger partial charge in [0.05, 0.1) is 25.3 Å². The number of nitrogens with zero attached hydrogens (tertiary/aromatic N) is 1. The Balaban J connectivity index is 1.97. The molecule has 3 rings (SSSR count). The number of hydrogen-bond acceptors (Lipinski definition) is 12. The van der Waals surface area contributed by atoms with Gasteiger partial charge in [-0.2, -0.15) is 13.2 Å². The summed E-state index contributed by atoms with van der Waals surface area (Å²) in [4.78, 5) is 111. The minimum absolute atomic E-state index is 0.0201. The fourth-order valence-corrected chi connectivity index (χ4v) is 8.09. The largest absolute Gasteiger partial charge is 0.467 e. The van der Waals surface area contributed by atoms with E-state index in [1.165, 1.54) is 17.0 Å². The summed E-state index contributed by atoms with van der Waals surface area (Å²) < 4.78 is 61.5. The summed E-state index contributed by atoms with van der Waals surface area (Å²) >= 11 is 0.